The van der Waals surface area contributed by atoms with Gasteiger partial charge in [-0.3, -0.25) is 4.79 Å². The summed E-state index contributed by atoms with van der Waals surface area (Å²) in [4.78, 5) is 12.1. The topological polar surface area (TPSA) is 67.2 Å². The fourth-order valence-electron chi connectivity index (χ4n) is 2.36. The number of nitrogens with one attached hydrogen (secondary N) is 1. The first-order valence-corrected chi connectivity index (χ1v) is 7.34. The van der Waals surface area contributed by atoms with Crippen LogP contribution in [0.3, 0.4) is 0 Å². The number of benzene rings is 2. The van der Waals surface area contributed by atoms with Gasteiger partial charge in [0.2, 0.25) is 0 Å². The van der Waals surface area contributed by atoms with Crippen LogP contribution >= 0.6 is 0 Å². The monoisotopic (exact) mass is 307 g/mol. The van der Waals surface area contributed by atoms with Gasteiger partial charge in [0.05, 0.1) is 5.69 Å². The van der Waals surface area contributed by atoms with Crippen LogP contribution in [0.25, 0.3) is 5.69 Å². The van der Waals surface area contributed by atoms with E-state index in [1.165, 1.54) is 0 Å². The van der Waals surface area contributed by atoms with Crippen molar-refractivity contribution in [1.29, 1.82) is 0 Å². The van der Waals surface area contributed by atoms with Gasteiger partial charge in [0.1, 0.15) is 0 Å². The highest BCUT2D eigenvalue weighted by Gasteiger charge is 2.17. The molecule has 0 unspecified atom stereocenters. The molecule has 23 heavy (non-hydrogen) atoms. The lowest BCUT2D eigenvalue weighted by molar-refractivity contribution is -0.129. The maximum absolute atomic E-state index is 12.1. The van der Waals surface area contributed by atoms with E-state index in [-0.39, 0.29) is 0 Å². The molecule has 5 nitrogen and oxygen atoms in total. The molecule has 116 valence electrons. The molecule has 2 N–H and O–H groups in total. The Morgan fingerprint density at radius 3 is 2.57 bits per heavy atom. The lowest BCUT2D eigenvalue weighted by Gasteiger charge is -2.14. The molecule has 2 aromatic carbocycles. The first-order chi connectivity index (χ1) is 11.3. The summed E-state index contributed by atoms with van der Waals surface area (Å²) in [6, 6.07) is 18.4. The summed E-state index contributed by atoms with van der Waals surface area (Å²) in [7, 11) is 0. The maximum Gasteiger partial charge on any atom is 0.253 e. The van der Waals surface area contributed by atoms with E-state index >= 15 is 0 Å². The van der Waals surface area contributed by atoms with E-state index in [9.17, 15) is 9.90 Å². The minimum Gasteiger partial charge on any atom is -0.378 e. The highest BCUT2D eigenvalue weighted by atomic mass is 16.3. The number of para-hydroxylation sites is 1. The molecule has 1 amide bonds. The third-order valence-electron chi connectivity index (χ3n) is 3.56. The molecular weight excluding hydrogens is 290 g/mol. The molecule has 0 aliphatic carbocycles. The van der Waals surface area contributed by atoms with Gasteiger partial charge in [0, 0.05) is 18.9 Å². The van der Waals surface area contributed by atoms with E-state index in [1.807, 2.05) is 42.6 Å². The summed E-state index contributed by atoms with van der Waals surface area (Å²) in [5.74, 6) is -0.425. The van der Waals surface area contributed by atoms with Crippen LogP contribution in [-0.2, 0) is 11.3 Å². The van der Waals surface area contributed by atoms with Crippen molar-refractivity contribution in [2.75, 3.05) is 0 Å². The maximum atomic E-state index is 12.1. The molecule has 3 aromatic rings. The Morgan fingerprint density at radius 2 is 1.83 bits per heavy atom. The van der Waals surface area contributed by atoms with Gasteiger partial charge in [-0.05, 0) is 23.3 Å². The Morgan fingerprint density at radius 1 is 1.09 bits per heavy atom. The third-order valence-corrected chi connectivity index (χ3v) is 3.56. The minimum atomic E-state index is -1.17. The highest BCUT2D eigenvalue weighted by molar-refractivity contribution is 5.81. The third kappa shape index (κ3) is 3.46. The van der Waals surface area contributed by atoms with Crippen LogP contribution in [0.5, 0.6) is 0 Å². The fourth-order valence-corrected chi connectivity index (χ4v) is 2.36. The molecule has 5 heteroatoms. The van der Waals surface area contributed by atoms with Crippen LogP contribution in [0.2, 0.25) is 0 Å². The molecular formula is C18H17N3O2. The van der Waals surface area contributed by atoms with Crippen LogP contribution in [-0.4, -0.2) is 20.8 Å². The zero-order valence-electron chi connectivity index (χ0n) is 12.5. The molecule has 0 saturated heterocycles. The smallest absolute Gasteiger partial charge is 0.253 e. The second-order valence-corrected chi connectivity index (χ2v) is 5.11. The number of aliphatic hydroxyl groups excluding tert-OH is 1. The quantitative estimate of drug-likeness (QED) is 0.759. The van der Waals surface area contributed by atoms with Crippen molar-refractivity contribution >= 4 is 5.91 Å². The molecule has 0 aliphatic heterocycles. The standard InChI is InChI=1S/C18H17N3O2/c22-17(14-7-2-1-3-8-14)18(23)19-13-15-9-4-5-10-16(15)21-12-6-11-20-21/h1-12,17,22H,13H2,(H,19,23)/t17-/m1/s1. The van der Waals surface area contributed by atoms with Gasteiger partial charge in [-0.2, -0.15) is 5.10 Å². The zero-order chi connectivity index (χ0) is 16.1. The normalized spacial score (nSPS) is 11.9. The summed E-state index contributed by atoms with van der Waals surface area (Å²) in [6.07, 6.45) is 2.38. The van der Waals surface area contributed by atoms with E-state index in [4.69, 9.17) is 0 Å². The van der Waals surface area contributed by atoms with Crippen LogP contribution in [0.1, 0.15) is 17.2 Å². The molecule has 0 fully saturated rings. The molecule has 1 aromatic heterocycles. The van der Waals surface area contributed by atoms with Crippen molar-refractivity contribution in [2.24, 2.45) is 0 Å². The number of hydrogen-bond donors (Lipinski definition) is 2. The Balaban J connectivity index is 1.71. The number of aromatic nitrogens is 2. The summed E-state index contributed by atoms with van der Waals surface area (Å²) >= 11 is 0. The molecule has 0 radical (unpaired) electrons. The average molecular weight is 307 g/mol. The Hall–Kier alpha value is -2.92. The molecule has 1 atom stereocenters. The number of hydrogen-bond acceptors (Lipinski definition) is 3. The number of amides is 1. The number of rotatable bonds is 5. The van der Waals surface area contributed by atoms with Crippen molar-refractivity contribution < 1.29 is 9.90 Å². The van der Waals surface area contributed by atoms with Crippen LogP contribution < -0.4 is 5.32 Å². The zero-order valence-corrected chi connectivity index (χ0v) is 12.5. The molecule has 0 bridgehead atoms. The molecule has 1 heterocycles. The summed E-state index contributed by atoms with van der Waals surface area (Å²) in [6.45, 7) is 0.318. The molecule has 0 saturated carbocycles. The van der Waals surface area contributed by atoms with E-state index in [0.717, 1.165) is 11.3 Å². The van der Waals surface area contributed by atoms with Crippen molar-refractivity contribution in [3.63, 3.8) is 0 Å². The van der Waals surface area contributed by atoms with E-state index in [1.54, 1.807) is 35.1 Å². The summed E-state index contributed by atoms with van der Waals surface area (Å²) in [5.41, 5.74) is 2.39. The average Bonchev–Trinajstić information content (AvgIpc) is 3.14. The van der Waals surface area contributed by atoms with Crippen LogP contribution in [0.15, 0.2) is 73.1 Å². The van der Waals surface area contributed by atoms with Crippen molar-refractivity contribution in [1.82, 2.24) is 15.1 Å². The van der Waals surface area contributed by atoms with E-state index < -0.39 is 12.0 Å². The van der Waals surface area contributed by atoms with Crippen LogP contribution in [0.4, 0.5) is 0 Å². The SMILES string of the molecule is O=C(NCc1ccccc1-n1cccn1)[C@H](O)c1ccccc1. The largest absolute Gasteiger partial charge is 0.378 e. The lowest BCUT2D eigenvalue weighted by atomic mass is 10.1. The Labute approximate surface area is 134 Å². The summed E-state index contributed by atoms with van der Waals surface area (Å²) in [5, 5.41) is 17.1. The first-order valence-electron chi connectivity index (χ1n) is 7.34. The van der Waals surface area contributed by atoms with E-state index in [0.29, 0.717) is 12.1 Å². The van der Waals surface area contributed by atoms with Crippen molar-refractivity contribution in [2.45, 2.75) is 12.6 Å². The predicted molar refractivity (Wildman–Crippen MR) is 86.8 cm³/mol. The van der Waals surface area contributed by atoms with Gasteiger partial charge >= 0.3 is 0 Å². The van der Waals surface area contributed by atoms with Crippen molar-refractivity contribution in [3.8, 4) is 5.69 Å². The van der Waals surface area contributed by atoms with Gasteiger partial charge in [-0.15, -0.1) is 0 Å². The van der Waals surface area contributed by atoms with Crippen molar-refractivity contribution in [3.05, 3.63) is 84.2 Å². The van der Waals surface area contributed by atoms with Gasteiger partial charge in [-0.25, -0.2) is 4.68 Å². The van der Waals surface area contributed by atoms with E-state index in [2.05, 4.69) is 10.4 Å². The first kappa shape index (κ1) is 15.0. The molecule has 0 aliphatic rings. The number of aliphatic hydroxyl groups is 1. The van der Waals surface area contributed by atoms with Gasteiger partial charge in [0.15, 0.2) is 6.10 Å². The van der Waals surface area contributed by atoms with Crippen LogP contribution in [0, 0.1) is 0 Å². The summed E-state index contributed by atoms with van der Waals surface area (Å²) < 4.78 is 1.75. The number of carbonyl (C=O) groups excluding carboxylic acids is 1. The lowest BCUT2D eigenvalue weighted by Crippen LogP contribution is -2.29. The highest BCUT2D eigenvalue weighted by Crippen LogP contribution is 2.15. The van der Waals surface area contributed by atoms with Gasteiger partial charge < -0.3 is 10.4 Å². The Kier molecular flexibility index (Phi) is 4.49. The molecule has 0 spiro atoms. The predicted octanol–water partition coefficient (Wildman–Crippen LogP) is 2.22. The second kappa shape index (κ2) is 6.89. The Bertz CT molecular complexity index is 770. The van der Waals surface area contributed by atoms with Gasteiger partial charge in [0.25, 0.3) is 5.91 Å². The second-order valence-electron chi connectivity index (χ2n) is 5.11. The number of carbonyl (C=O) groups is 1. The number of nitrogens with zero attached hydrogens (tertiary/aromatic N) is 2. The minimum absolute atomic E-state index is 0.318. The molecule has 3 rings (SSSR count). The fraction of sp³-hybridized carbons (Fsp3) is 0.111. The van der Waals surface area contributed by atoms with Gasteiger partial charge in [-0.1, -0.05) is 48.5 Å².